The Bertz CT molecular complexity index is 551. The smallest absolute Gasteiger partial charge is 0.211 e. The first-order valence-corrected chi connectivity index (χ1v) is 8.70. The van der Waals surface area contributed by atoms with Gasteiger partial charge in [-0.25, -0.2) is 13.1 Å². The monoisotopic (exact) mass is 300 g/mol. The van der Waals surface area contributed by atoms with Crippen LogP contribution in [0.3, 0.4) is 0 Å². The van der Waals surface area contributed by atoms with Crippen molar-refractivity contribution in [1.82, 2.24) is 4.72 Å². The molecule has 1 heterocycles. The minimum atomic E-state index is -3.21. The SMILES string of the molecule is CC(C)CCS(=O)(=O)NCc1sccc1C#CCN. The average Bonchev–Trinajstić information content (AvgIpc) is 2.79. The first-order valence-electron chi connectivity index (χ1n) is 6.17. The molecule has 0 spiro atoms. The van der Waals surface area contributed by atoms with Gasteiger partial charge in [-0.05, 0) is 23.8 Å². The average molecular weight is 300 g/mol. The van der Waals surface area contributed by atoms with Crippen LogP contribution in [0.2, 0.25) is 0 Å². The van der Waals surface area contributed by atoms with Gasteiger partial charge in [-0.1, -0.05) is 25.7 Å². The molecule has 1 aromatic heterocycles. The van der Waals surface area contributed by atoms with Crippen LogP contribution in [0.25, 0.3) is 0 Å². The molecule has 3 N–H and O–H groups in total. The van der Waals surface area contributed by atoms with E-state index in [9.17, 15) is 8.42 Å². The fourth-order valence-corrected chi connectivity index (χ4v) is 3.53. The maximum atomic E-state index is 11.8. The Kier molecular flexibility index (Phi) is 6.52. The summed E-state index contributed by atoms with van der Waals surface area (Å²) in [6.45, 7) is 4.62. The lowest BCUT2D eigenvalue weighted by Crippen LogP contribution is -2.26. The van der Waals surface area contributed by atoms with E-state index >= 15 is 0 Å². The van der Waals surface area contributed by atoms with Gasteiger partial charge in [0, 0.05) is 17.0 Å². The van der Waals surface area contributed by atoms with Crippen molar-refractivity contribution in [2.75, 3.05) is 12.3 Å². The quantitative estimate of drug-likeness (QED) is 0.783. The highest BCUT2D eigenvalue weighted by Crippen LogP contribution is 2.16. The van der Waals surface area contributed by atoms with Crippen molar-refractivity contribution < 1.29 is 8.42 Å². The zero-order valence-electron chi connectivity index (χ0n) is 11.3. The van der Waals surface area contributed by atoms with E-state index in [1.807, 2.05) is 25.3 Å². The van der Waals surface area contributed by atoms with Crippen molar-refractivity contribution in [3.8, 4) is 11.8 Å². The topological polar surface area (TPSA) is 72.2 Å². The number of sulfonamides is 1. The molecule has 0 atom stereocenters. The fraction of sp³-hybridized carbons (Fsp3) is 0.538. The van der Waals surface area contributed by atoms with Crippen molar-refractivity contribution in [2.24, 2.45) is 11.7 Å². The molecule has 0 saturated heterocycles. The van der Waals surface area contributed by atoms with Crippen LogP contribution in [0.5, 0.6) is 0 Å². The third-order valence-corrected chi connectivity index (χ3v) is 4.77. The first-order chi connectivity index (χ1) is 8.94. The van der Waals surface area contributed by atoms with Gasteiger partial charge < -0.3 is 5.73 Å². The van der Waals surface area contributed by atoms with E-state index in [0.717, 1.165) is 10.4 Å². The van der Waals surface area contributed by atoms with E-state index in [4.69, 9.17) is 5.73 Å². The second-order valence-electron chi connectivity index (χ2n) is 4.59. The van der Waals surface area contributed by atoms with E-state index in [0.29, 0.717) is 25.4 Å². The lowest BCUT2D eigenvalue weighted by Gasteiger charge is -2.07. The Balaban J connectivity index is 2.59. The molecule has 0 bridgehead atoms. The largest absolute Gasteiger partial charge is 0.320 e. The molecule has 4 nitrogen and oxygen atoms in total. The van der Waals surface area contributed by atoms with Gasteiger partial charge in [0.1, 0.15) is 0 Å². The third kappa shape index (κ3) is 6.21. The molecule has 6 heteroatoms. The van der Waals surface area contributed by atoms with Gasteiger partial charge >= 0.3 is 0 Å². The summed E-state index contributed by atoms with van der Waals surface area (Å²) in [5, 5.41) is 1.90. The molecular formula is C13H20N2O2S2. The van der Waals surface area contributed by atoms with E-state index in [2.05, 4.69) is 16.6 Å². The molecule has 0 radical (unpaired) electrons. The fourth-order valence-electron chi connectivity index (χ4n) is 1.37. The summed E-state index contributed by atoms with van der Waals surface area (Å²) >= 11 is 1.49. The van der Waals surface area contributed by atoms with Gasteiger partial charge in [0.25, 0.3) is 0 Å². The minimum absolute atomic E-state index is 0.167. The number of hydrogen-bond acceptors (Lipinski definition) is 4. The van der Waals surface area contributed by atoms with Gasteiger partial charge in [-0.15, -0.1) is 11.3 Å². The summed E-state index contributed by atoms with van der Waals surface area (Å²) in [6.07, 6.45) is 0.666. The number of nitrogens with two attached hydrogens (primary N) is 1. The van der Waals surface area contributed by atoms with Crippen LogP contribution >= 0.6 is 11.3 Å². The highest BCUT2D eigenvalue weighted by Gasteiger charge is 2.12. The molecule has 0 fully saturated rings. The van der Waals surface area contributed by atoms with Gasteiger partial charge in [0.2, 0.25) is 10.0 Å². The normalized spacial score (nSPS) is 11.4. The van der Waals surface area contributed by atoms with Crippen LogP contribution in [-0.4, -0.2) is 20.7 Å². The molecular weight excluding hydrogens is 280 g/mol. The Morgan fingerprint density at radius 1 is 1.47 bits per heavy atom. The zero-order valence-corrected chi connectivity index (χ0v) is 12.9. The summed E-state index contributed by atoms with van der Waals surface area (Å²) in [4.78, 5) is 0.925. The Morgan fingerprint density at radius 3 is 2.84 bits per heavy atom. The third-order valence-electron chi connectivity index (χ3n) is 2.49. The molecule has 0 amide bonds. The van der Waals surface area contributed by atoms with Gasteiger partial charge in [0.15, 0.2) is 0 Å². The molecule has 0 aromatic carbocycles. The van der Waals surface area contributed by atoms with E-state index < -0.39 is 10.0 Å². The lowest BCUT2D eigenvalue weighted by atomic mass is 10.2. The number of rotatable bonds is 6. The van der Waals surface area contributed by atoms with Crippen molar-refractivity contribution >= 4 is 21.4 Å². The highest BCUT2D eigenvalue weighted by atomic mass is 32.2. The highest BCUT2D eigenvalue weighted by molar-refractivity contribution is 7.89. The summed E-state index contributed by atoms with van der Waals surface area (Å²) < 4.78 is 26.2. The van der Waals surface area contributed by atoms with E-state index in [1.54, 1.807) is 0 Å². The summed E-state index contributed by atoms with van der Waals surface area (Å²) in [5.74, 6) is 6.26. The molecule has 1 rings (SSSR count). The first kappa shape index (κ1) is 16.2. The predicted octanol–water partition coefficient (Wildman–Crippen LogP) is 1.52. The van der Waals surface area contributed by atoms with E-state index in [1.165, 1.54) is 11.3 Å². The Hall–Kier alpha value is -0.870. The van der Waals surface area contributed by atoms with Crippen LogP contribution in [-0.2, 0) is 16.6 Å². The lowest BCUT2D eigenvalue weighted by molar-refractivity contribution is 0.562. The maximum absolute atomic E-state index is 11.8. The molecule has 0 unspecified atom stereocenters. The second kappa shape index (κ2) is 7.65. The number of hydrogen-bond donors (Lipinski definition) is 2. The number of nitrogens with one attached hydrogen (secondary N) is 1. The van der Waals surface area contributed by atoms with Crippen molar-refractivity contribution in [2.45, 2.75) is 26.8 Å². The standard InChI is InChI=1S/C13H20N2O2S2/c1-11(2)6-9-19(16,17)15-10-13-12(4-3-7-14)5-8-18-13/h5,8,11,15H,6-7,9-10,14H2,1-2H3. The van der Waals surface area contributed by atoms with Crippen molar-refractivity contribution in [3.05, 3.63) is 21.9 Å². The van der Waals surface area contributed by atoms with Crippen LogP contribution in [0.4, 0.5) is 0 Å². The van der Waals surface area contributed by atoms with Gasteiger partial charge in [-0.3, -0.25) is 0 Å². The molecule has 0 aliphatic heterocycles. The maximum Gasteiger partial charge on any atom is 0.211 e. The van der Waals surface area contributed by atoms with Crippen LogP contribution in [0, 0.1) is 17.8 Å². The molecule has 0 aliphatic carbocycles. The Morgan fingerprint density at radius 2 is 2.21 bits per heavy atom. The predicted molar refractivity (Wildman–Crippen MR) is 80.3 cm³/mol. The second-order valence-corrected chi connectivity index (χ2v) is 7.51. The summed E-state index contributed by atoms with van der Waals surface area (Å²) in [6, 6.07) is 1.88. The van der Waals surface area contributed by atoms with Crippen molar-refractivity contribution in [3.63, 3.8) is 0 Å². The molecule has 1 aromatic rings. The molecule has 106 valence electrons. The minimum Gasteiger partial charge on any atom is -0.320 e. The van der Waals surface area contributed by atoms with Crippen molar-refractivity contribution in [1.29, 1.82) is 0 Å². The number of thiophene rings is 1. The zero-order chi connectivity index (χ0) is 14.3. The van der Waals surface area contributed by atoms with Gasteiger partial charge in [0.05, 0.1) is 12.3 Å². The van der Waals surface area contributed by atoms with Crippen LogP contribution in [0.15, 0.2) is 11.4 Å². The molecule has 19 heavy (non-hydrogen) atoms. The molecule has 0 aliphatic rings. The van der Waals surface area contributed by atoms with Gasteiger partial charge in [-0.2, -0.15) is 0 Å². The van der Waals surface area contributed by atoms with E-state index in [-0.39, 0.29) is 5.75 Å². The Labute approximate surface area is 119 Å². The van der Waals surface area contributed by atoms with Crippen LogP contribution < -0.4 is 10.5 Å². The van der Waals surface area contributed by atoms with Crippen LogP contribution in [0.1, 0.15) is 30.7 Å². The molecule has 0 saturated carbocycles. The summed E-state index contributed by atoms with van der Waals surface area (Å²) in [5.41, 5.74) is 6.17. The summed E-state index contributed by atoms with van der Waals surface area (Å²) in [7, 11) is -3.21.